The highest BCUT2D eigenvalue weighted by atomic mass is 32.2. The van der Waals surface area contributed by atoms with Crippen molar-refractivity contribution in [2.24, 2.45) is 0 Å². The quantitative estimate of drug-likeness (QED) is 0.454. The lowest BCUT2D eigenvalue weighted by Crippen LogP contribution is -2.74. The maximum atomic E-state index is 12.7. The van der Waals surface area contributed by atoms with Crippen LogP contribution in [0.4, 0.5) is 26.3 Å². The Kier molecular flexibility index (Phi) is 9.43. The van der Waals surface area contributed by atoms with Gasteiger partial charge in [0, 0.05) is 6.42 Å². The molecular weight excluding hydrogens is 316 g/mol. The number of unbranched alkanes of at least 4 members (excludes halogenated alkanes) is 1. The van der Waals surface area contributed by atoms with Crippen molar-refractivity contribution in [2.45, 2.75) is 43.3 Å². The number of halogens is 6. The van der Waals surface area contributed by atoms with Crippen molar-refractivity contribution in [1.29, 1.82) is 0 Å². The van der Waals surface area contributed by atoms with Crippen molar-refractivity contribution in [3.8, 4) is 0 Å². The van der Waals surface area contributed by atoms with E-state index >= 15 is 0 Å². The van der Waals surface area contributed by atoms with Crippen LogP contribution in [0.1, 0.15) is 25.7 Å². The maximum Gasteiger partial charge on any atom is 0.389 e. The van der Waals surface area contributed by atoms with Gasteiger partial charge >= 0.3 is 11.4 Å². The standard InChI is InChI=1S/C7H10F6O3S.C2H7N/c8-5(7(12,13)17(14,15)16)3-1-2-4-6(9,10)11;1-3-2/h5H,1-4H2,(H,14,15,16);3H,1-2H3. The molecule has 4 nitrogen and oxygen atoms in total. The largest absolute Gasteiger partial charge is 0.743 e. The molecule has 2 N–H and O–H groups in total. The van der Waals surface area contributed by atoms with Crippen molar-refractivity contribution < 1.29 is 44.6 Å². The number of rotatable bonds is 6. The van der Waals surface area contributed by atoms with Crippen LogP contribution in [-0.4, -0.2) is 44.7 Å². The molecule has 0 amide bonds. The van der Waals surface area contributed by atoms with Gasteiger partial charge < -0.3 is 9.87 Å². The van der Waals surface area contributed by atoms with Crippen molar-refractivity contribution >= 4 is 10.1 Å². The molecule has 20 heavy (non-hydrogen) atoms. The molecule has 0 aliphatic heterocycles. The van der Waals surface area contributed by atoms with E-state index in [4.69, 9.17) is 0 Å². The number of hydrogen-bond acceptors (Lipinski definition) is 3. The smallest absolute Gasteiger partial charge is 0.389 e. The zero-order chi connectivity index (χ0) is 16.6. The van der Waals surface area contributed by atoms with Gasteiger partial charge in [-0.2, -0.15) is 22.0 Å². The molecule has 1 atom stereocenters. The minimum atomic E-state index is -6.15. The second-order valence-electron chi connectivity index (χ2n) is 3.92. The van der Waals surface area contributed by atoms with Gasteiger partial charge in [-0.15, -0.1) is 0 Å². The van der Waals surface area contributed by atoms with E-state index in [0.29, 0.717) is 0 Å². The van der Waals surface area contributed by atoms with Crippen LogP contribution in [0, 0.1) is 0 Å². The Morgan fingerprint density at radius 3 is 1.80 bits per heavy atom. The molecule has 124 valence electrons. The molecule has 0 bridgehead atoms. The summed E-state index contributed by atoms with van der Waals surface area (Å²) in [6, 6.07) is 0. The van der Waals surface area contributed by atoms with Crippen LogP contribution >= 0.6 is 0 Å². The van der Waals surface area contributed by atoms with E-state index in [2.05, 4.69) is 0 Å². The van der Waals surface area contributed by atoms with Crippen LogP contribution in [0.2, 0.25) is 0 Å². The molecule has 1 unspecified atom stereocenters. The minimum absolute atomic E-state index is 0.591. The van der Waals surface area contributed by atoms with Crippen molar-refractivity contribution in [1.82, 2.24) is 0 Å². The molecular formula is C9H17F6NO3S. The van der Waals surface area contributed by atoms with E-state index in [-0.39, 0.29) is 0 Å². The second-order valence-corrected chi connectivity index (χ2v) is 5.37. The van der Waals surface area contributed by atoms with Gasteiger partial charge in [0.1, 0.15) is 0 Å². The SMILES string of the molecule is C[NH2+]C.O=S(=O)([O-])C(F)(F)C(F)CCCCC(F)(F)F. The second kappa shape index (κ2) is 8.67. The molecule has 0 spiro atoms. The first-order chi connectivity index (χ1) is 8.79. The summed E-state index contributed by atoms with van der Waals surface area (Å²) in [6.07, 6.45) is -11.4. The van der Waals surface area contributed by atoms with Crippen molar-refractivity contribution in [2.75, 3.05) is 14.1 Å². The van der Waals surface area contributed by atoms with Crippen molar-refractivity contribution in [3.63, 3.8) is 0 Å². The number of quaternary nitrogens is 1. The van der Waals surface area contributed by atoms with Gasteiger partial charge in [0.2, 0.25) is 0 Å². The molecule has 0 radical (unpaired) electrons. The lowest BCUT2D eigenvalue weighted by Gasteiger charge is -2.23. The first-order valence-electron chi connectivity index (χ1n) is 5.57. The molecule has 0 saturated heterocycles. The van der Waals surface area contributed by atoms with E-state index in [1.807, 2.05) is 19.4 Å². The van der Waals surface area contributed by atoms with E-state index in [1.54, 1.807) is 0 Å². The predicted molar refractivity (Wildman–Crippen MR) is 57.8 cm³/mol. The zero-order valence-corrected chi connectivity index (χ0v) is 11.7. The molecule has 0 aliphatic rings. The molecule has 0 aromatic rings. The number of alkyl halides is 6. The Morgan fingerprint density at radius 2 is 1.50 bits per heavy atom. The Morgan fingerprint density at radius 1 is 1.10 bits per heavy atom. The van der Waals surface area contributed by atoms with Crippen LogP contribution < -0.4 is 5.32 Å². The summed E-state index contributed by atoms with van der Waals surface area (Å²) in [5.74, 6) is 0. The third-order valence-electron chi connectivity index (χ3n) is 1.87. The van der Waals surface area contributed by atoms with E-state index in [1.165, 1.54) is 0 Å². The maximum absolute atomic E-state index is 12.7. The third kappa shape index (κ3) is 9.37. The van der Waals surface area contributed by atoms with Gasteiger partial charge in [-0.1, -0.05) is 0 Å². The molecule has 11 heteroatoms. The molecule has 0 fully saturated rings. The number of hydrogen-bond donors (Lipinski definition) is 1. The molecule has 0 aromatic carbocycles. The fraction of sp³-hybridized carbons (Fsp3) is 1.00. The van der Waals surface area contributed by atoms with E-state index in [0.717, 1.165) is 0 Å². The van der Waals surface area contributed by atoms with Crippen LogP contribution in [0.15, 0.2) is 0 Å². The summed E-state index contributed by atoms with van der Waals surface area (Å²) in [5, 5.41) is -3.11. The summed E-state index contributed by atoms with van der Waals surface area (Å²) in [7, 11) is -2.15. The van der Waals surface area contributed by atoms with Gasteiger partial charge in [0.25, 0.3) is 0 Å². The van der Waals surface area contributed by atoms with Crippen LogP contribution in [0.5, 0.6) is 0 Å². The van der Waals surface area contributed by atoms with Gasteiger partial charge in [-0.25, -0.2) is 12.8 Å². The van der Waals surface area contributed by atoms with E-state index < -0.39 is 53.4 Å². The highest BCUT2D eigenvalue weighted by molar-refractivity contribution is 7.86. The van der Waals surface area contributed by atoms with Gasteiger partial charge in [0.15, 0.2) is 16.3 Å². The normalized spacial score (nSPS) is 14.4. The molecule has 0 aliphatic carbocycles. The average molecular weight is 333 g/mol. The highest BCUT2D eigenvalue weighted by Crippen LogP contribution is 2.31. The predicted octanol–water partition coefficient (Wildman–Crippen LogP) is 1.39. The molecule has 0 aromatic heterocycles. The number of nitrogens with two attached hydrogens (primary N) is 1. The van der Waals surface area contributed by atoms with Crippen LogP contribution in [0.25, 0.3) is 0 Å². The minimum Gasteiger partial charge on any atom is -0.743 e. The highest BCUT2D eigenvalue weighted by Gasteiger charge is 2.46. The van der Waals surface area contributed by atoms with Gasteiger partial charge in [-0.3, -0.25) is 0 Å². The zero-order valence-electron chi connectivity index (χ0n) is 10.9. The first kappa shape index (κ1) is 21.7. The van der Waals surface area contributed by atoms with Crippen LogP contribution in [0.3, 0.4) is 0 Å². The first-order valence-corrected chi connectivity index (χ1v) is 6.98. The summed E-state index contributed by atoms with van der Waals surface area (Å²) in [6.45, 7) is 0. The van der Waals surface area contributed by atoms with Gasteiger partial charge in [-0.05, 0) is 19.3 Å². The Labute approximate surface area is 113 Å². The Bertz CT molecular complexity index is 357. The molecule has 0 rings (SSSR count). The monoisotopic (exact) mass is 333 g/mol. The summed E-state index contributed by atoms with van der Waals surface area (Å²) in [4.78, 5) is 0. The van der Waals surface area contributed by atoms with Gasteiger partial charge in [0.05, 0.1) is 14.1 Å². The lowest BCUT2D eigenvalue weighted by atomic mass is 10.1. The summed E-state index contributed by atoms with van der Waals surface area (Å²) in [5.41, 5.74) is 0. The molecule has 0 heterocycles. The fourth-order valence-corrected chi connectivity index (χ4v) is 1.40. The average Bonchev–Trinajstić information content (AvgIpc) is 2.22. The molecule has 0 saturated carbocycles. The Balaban J connectivity index is 0. The Hall–Kier alpha value is -0.550. The van der Waals surface area contributed by atoms with Crippen LogP contribution in [-0.2, 0) is 10.1 Å². The lowest BCUT2D eigenvalue weighted by molar-refractivity contribution is -0.597. The topological polar surface area (TPSA) is 73.8 Å². The fourth-order valence-electron chi connectivity index (χ4n) is 0.974. The third-order valence-corrected chi connectivity index (χ3v) is 2.79. The van der Waals surface area contributed by atoms with Crippen molar-refractivity contribution in [3.05, 3.63) is 0 Å². The summed E-state index contributed by atoms with van der Waals surface area (Å²) < 4.78 is 102. The van der Waals surface area contributed by atoms with E-state index in [9.17, 15) is 39.3 Å². The summed E-state index contributed by atoms with van der Waals surface area (Å²) >= 11 is 0.